The molecule has 2 aromatic carbocycles. The lowest BCUT2D eigenvalue weighted by Gasteiger charge is -2.17. The maximum Gasteiger partial charge on any atom is 0.141 e. The molecule has 0 radical (unpaired) electrons. The van der Waals surface area contributed by atoms with Crippen molar-refractivity contribution < 1.29 is 9.47 Å². The van der Waals surface area contributed by atoms with Crippen molar-refractivity contribution in [1.82, 2.24) is 14.5 Å². The number of ether oxygens (including phenoxy) is 2. The maximum absolute atomic E-state index is 6.10. The van der Waals surface area contributed by atoms with Gasteiger partial charge in [0, 0.05) is 24.7 Å². The molecule has 0 unspecified atom stereocenters. The summed E-state index contributed by atoms with van der Waals surface area (Å²) in [7, 11) is 0. The van der Waals surface area contributed by atoms with E-state index in [4.69, 9.17) is 14.5 Å². The molecule has 0 bridgehead atoms. The Morgan fingerprint density at radius 3 is 2.31 bits per heavy atom. The first-order valence-corrected chi connectivity index (χ1v) is 12.2. The summed E-state index contributed by atoms with van der Waals surface area (Å²) in [6.07, 6.45) is 3.45. The fraction of sp³-hybridized carbons (Fsp3) is 0.519. The summed E-state index contributed by atoms with van der Waals surface area (Å²) in [5, 5.41) is 0. The average molecular weight is 438 g/mol. The molecule has 5 heteroatoms. The minimum absolute atomic E-state index is 0.167. The van der Waals surface area contributed by atoms with E-state index in [1.54, 1.807) is 0 Å². The Balaban J connectivity index is 1.81. The summed E-state index contributed by atoms with van der Waals surface area (Å²) in [5.41, 5.74) is 3.25. The van der Waals surface area contributed by atoms with Crippen molar-refractivity contribution in [2.75, 3.05) is 26.2 Å². The predicted octanol–water partition coefficient (Wildman–Crippen LogP) is 6.40. The number of fused-ring (bicyclic) bond motifs is 1. The molecule has 1 heterocycles. The van der Waals surface area contributed by atoms with Crippen LogP contribution in [-0.2, 0) is 6.54 Å². The molecular weight excluding hydrogens is 398 g/mol. The van der Waals surface area contributed by atoms with Crippen molar-refractivity contribution in [3.63, 3.8) is 0 Å². The molecule has 3 rings (SSSR count). The van der Waals surface area contributed by atoms with Crippen LogP contribution in [0.5, 0.6) is 11.5 Å². The van der Waals surface area contributed by atoms with E-state index >= 15 is 0 Å². The van der Waals surface area contributed by atoms with Crippen LogP contribution in [-0.4, -0.2) is 46.8 Å². The zero-order valence-electron chi connectivity index (χ0n) is 20.4. The van der Waals surface area contributed by atoms with Crippen molar-refractivity contribution in [3.05, 3.63) is 42.5 Å². The van der Waals surface area contributed by atoms with E-state index in [0.29, 0.717) is 0 Å². The van der Waals surface area contributed by atoms with E-state index < -0.39 is 0 Å². The molecule has 0 aliphatic rings. The first-order valence-electron chi connectivity index (χ1n) is 12.2. The van der Waals surface area contributed by atoms with Gasteiger partial charge in [0.2, 0.25) is 0 Å². The number of hydrogen-bond donors (Lipinski definition) is 0. The molecule has 0 aliphatic heterocycles. The number of imidazole rings is 1. The lowest BCUT2D eigenvalue weighted by molar-refractivity contribution is 0.242. The molecular formula is C27H39N3O2. The average Bonchev–Trinajstić information content (AvgIpc) is 3.15. The van der Waals surface area contributed by atoms with E-state index in [0.717, 1.165) is 86.0 Å². The van der Waals surface area contributed by atoms with Gasteiger partial charge >= 0.3 is 0 Å². The van der Waals surface area contributed by atoms with E-state index in [1.807, 2.05) is 32.0 Å². The molecule has 0 saturated heterocycles. The molecule has 0 amide bonds. The van der Waals surface area contributed by atoms with Gasteiger partial charge in [-0.25, -0.2) is 4.98 Å². The van der Waals surface area contributed by atoms with Crippen LogP contribution in [0, 0.1) is 0 Å². The maximum atomic E-state index is 6.10. The van der Waals surface area contributed by atoms with Crippen molar-refractivity contribution in [1.29, 1.82) is 0 Å². The van der Waals surface area contributed by atoms with Crippen LogP contribution in [0.15, 0.2) is 42.5 Å². The summed E-state index contributed by atoms with van der Waals surface area (Å²) in [4.78, 5) is 7.40. The van der Waals surface area contributed by atoms with E-state index in [9.17, 15) is 0 Å². The molecule has 0 N–H and O–H groups in total. The van der Waals surface area contributed by atoms with E-state index in [-0.39, 0.29) is 6.10 Å². The summed E-state index contributed by atoms with van der Waals surface area (Å²) in [5.74, 6) is 2.81. The van der Waals surface area contributed by atoms with Gasteiger partial charge in [-0.1, -0.05) is 27.2 Å². The lowest BCUT2D eigenvalue weighted by Crippen LogP contribution is -2.25. The Bertz CT molecular complexity index is 959. The topological polar surface area (TPSA) is 39.5 Å². The predicted molar refractivity (Wildman–Crippen MR) is 134 cm³/mol. The normalized spacial score (nSPS) is 11.6. The highest BCUT2D eigenvalue weighted by molar-refractivity contribution is 5.82. The highest BCUT2D eigenvalue weighted by atomic mass is 16.5. The fourth-order valence-electron chi connectivity index (χ4n) is 3.93. The van der Waals surface area contributed by atoms with Crippen LogP contribution in [0.3, 0.4) is 0 Å². The second-order valence-electron chi connectivity index (χ2n) is 8.51. The summed E-state index contributed by atoms with van der Waals surface area (Å²) < 4.78 is 14.2. The molecule has 32 heavy (non-hydrogen) atoms. The molecule has 0 atom stereocenters. The van der Waals surface area contributed by atoms with Crippen LogP contribution >= 0.6 is 0 Å². The van der Waals surface area contributed by atoms with Crippen molar-refractivity contribution in [3.8, 4) is 22.9 Å². The number of benzene rings is 2. The Kier molecular flexibility index (Phi) is 8.98. The van der Waals surface area contributed by atoms with Gasteiger partial charge in [-0.2, -0.15) is 0 Å². The van der Waals surface area contributed by atoms with Crippen LogP contribution < -0.4 is 9.47 Å². The van der Waals surface area contributed by atoms with Gasteiger partial charge in [0.05, 0.1) is 23.7 Å². The van der Waals surface area contributed by atoms with Gasteiger partial charge in [-0.15, -0.1) is 0 Å². The lowest BCUT2D eigenvalue weighted by atomic mass is 10.2. The summed E-state index contributed by atoms with van der Waals surface area (Å²) in [6.45, 7) is 15.6. The second-order valence-corrected chi connectivity index (χ2v) is 8.51. The number of nitrogens with zero attached hydrogens (tertiary/aromatic N) is 3. The van der Waals surface area contributed by atoms with Gasteiger partial charge in [-0.05, 0) is 76.2 Å². The molecule has 0 aliphatic carbocycles. The Morgan fingerprint density at radius 1 is 0.938 bits per heavy atom. The molecule has 0 spiro atoms. The van der Waals surface area contributed by atoms with Gasteiger partial charge in [0.1, 0.15) is 17.3 Å². The first kappa shape index (κ1) is 24.1. The largest absolute Gasteiger partial charge is 0.493 e. The zero-order valence-corrected chi connectivity index (χ0v) is 20.4. The minimum Gasteiger partial charge on any atom is -0.493 e. The first-order chi connectivity index (χ1) is 15.5. The molecule has 0 saturated carbocycles. The highest BCUT2D eigenvalue weighted by Gasteiger charge is 2.14. The number of aromatic nitrogens is 2. The Labute approximate surface area is 193 Å². The molecule has 0 fully saturated rings. The van der Waals surface area contributed by atoms with Gasteiger partial charge in [0.25, 0.3) is 0 Å². The number of hydrogen-bond acceptors (Lipinski definition) is 4. The third-order valence-corrected chi connectivity index (χ3v) is 5.72. The third-order valence-electron chi connectivity index (χ3n) is 5.72. The zero-order chi connectivity index (χ0) is 22.9. The van der Waals surface area contributed by atoms with Crippen molar-refractivity contribution in [2.45, 2.75) is 66.5 Å². The van der Waals surface area contributed by atoms with Gasteiger partial charge in [0.15, 0.2) is 0 Å². The Morgan fingerprint density at radius 2 is 1.66 bits per heavy atom. The standard InChI is InChI=1S/C27H39N3O2/c1-6-9-18-30-26-20-24(31-19-10-17-29(7-2)8-3)15-16-25(26)28-27(30)22-11-13-23(14-12-22)32-21(4)5/h11-16,20-21H,6-10,17-19H2,1-5H3. The van der Waals surface area contributed by atoms with Crippen LogP contribution in [0.25, 0.3) is 22.4 Å². The molecule has 3 aromatic rings. The van der Waals surface area contributed by atoms with Crippen molar-refractivity contribution >= 4 is 11.0 Å². The Hall–Kier alpha value is -2.53. The van der Waals surface area contributed by atoms with E-state index in [1.165, 1.54) is 0 Å². The highest BCUT2D eigenvalue weighted by Crippen LogP contribution is 2.29. The van der Waals surface area contributed by atoms with Crippen LogP contribution in [0.1, 0.15) is 53.9 Å². The van der Waals surface area contributed by atoms with Gasteiger partial charge in [-0.3, -0.25) is 0 Å². The summed E-state index contributed by atoms with van der Waals surface area (Å²) >= 11 is 0. The summed E-state index contributed by atoms with van der Waals surface area (Å²) in [6, 6.07) is 14.5. The second kappa shape index (κ2) is 11.9. The van der Waals surface area contributed by atoms with E-state index in [2.05, 4.69) is 54.5 Å². The quantitative estimate of drug-likeness (QED) is 0.290. The van der Waals surface area contributed by atoms with Gasteiger partial charge < -0.3 is 18.9 Å². The fourth-order valence-corrected chi connectivity index (χ4v) is 3.93. The third kappa shape index (κ3) is 6.26. The molecule has 1 aromatic heterocycles. The van der Waals surface area contributed by atoms with Crippen molar-refractivity contribution in [2.24, 2.45) is 0 Å². The SMILES string of the molecule is CCCCn1c(-c2ccc(OC(C)C)cc2)nc2ccc(OCCCN(CC)CC)cc21. The smallest absolute Gasteiger partial charge is 0.141 e. The molecule has 5 nitrogen and oxygen atoms in total. The van der Waals surface area contributed by atoms with Crippen LogP contribution in [0.4, 0.5) is 0 Å². The number of unbranched alkanes of at least 4 members (excludes halogenated alkanes) is 1. The number of aryl methyl sites for hydroxylation is 1. The molecule has 174 valence electrons. The monoisotopic (exact) mass is 437 g/mol. The number of rotatable bonds is 13. The minimum atomic E-state index is 0.167. The van der Waals surface area contributed by atoms with Crippen LogP contribution in [0.2, 0.25) is 0 Å².